The van der Waals surface area contributed by atoms with Crippen molar-refractivity contribution in [1.29, 1.82) is 0 Å². The molecule has 0 fully saturated rings. The van der Waals surface area contributed by atoms with Gasteiger partial charge in [-0.2, -0.15) is 0 Å². The van der Waals surface area contributed by atoms with E-state index in [-0.39, 0.29) is 0 Å². The summed E-state index contributed by atoms with van der Waals surface area (Å²) in [5, 5.41) is 0. The van der Waals surface area contributed by atoms with Crippen molar-refractivity contribution in [3.8, 4) is 5.75 Å². The zero-order valence-corrected chi connectivity index (χ0v) is 6.60. The predicted molar refractivity (Wildman–Crippen MR) is 39.5 cm³/mol. The summed E-state index contributed by atoms with van der Waals surface area (Å²) in [6.07, 6.45) is 0. The van der Waals surface area contributed by atoms with E-state index in [0.717, 1.165) is 10.2 Å². The minimum Gasteiger partial charge on any atom is -0.496 e. The molecule has 0 bridgehead atoms. The molecule has 0 aliphatic rings. The summed E-state index contributed by atoms with van der Waals surface area (Å²) in [5.41, 5.74) is 0. The van der Waals surface area contributed by atoms with Crippen LogP contribution in [0.15, 0.2) is 22.7 Å². The molecule has 47 valence electrons. The third kappa shape index (κ3) is 1.72. The van der Waals surface area contributed by atoms with Crippen molar-refractivity contribution in [2.45, 2.75) is 0 Å². The summed E-state index contributed by atoms with van der Waals surface area (Å²) < 4.78 is 5.91. The van der Waals surface area contributed by atoms with Crippen molar-refractivity contribution in [1.82, 2.24) is 0 Å². The Morgan fingerprint density at radius 2 is 2.33 bits per heavy atom. The summed E-state index contributed by atoms with van der Waals surface area (Å²) in [7, 11) is 1.62. The lowest BCUT2D eigenvalue weighted by Gasteiger charge is -1.95. The zero-order valence-electron chi connectivity index (χ0n) is 5.02. The van der Waals surface area contributed by atoms with Crippen molar-refractivity contribution >= 4 is 15.9 Å². The van der Waals surface area contributed by atoms with E-state index < -0.39 is 0 Å². The molecule has 0 N–H and O–H groups in total. The molecule has 1 rings (SSSR count). The van der Waals surface area contributed by atoms with Gasteiger partial charge in [-0.1, -0.05) is 15.9 Å². The first-order chi connectivity index (χ1) is 4.33. The van der Waals surface area contributed by atoms with E-state index in [1.165, 1.54) is 0 Å². The fraction of sp³-hybridized carbons (Fsp3) is 0.143. The van der Waals surface area contributed by atoms with Gasteiger partial charge in [0.2, 0.25) is 0 Å². The number of rotatable bonds is 1. The van der Waals surface area contributed by atoms with Gasteiger partial charge in [0.1, 0.15) is 5.75 Å². The number of ether oxygens (including phenoxy) is 1. The lowest BCUT2D eigenvalue weighted by Crippen LogP contribution is -1.80. The Bertz CT molecular complexity index is 181. The van der Waals surface area contributed by atoms with Crippen LogP contribution >= 0.6 is 15.9 Å². The fourth-order valence-corrected chi connectivity index (χ4v) is 0.765. The highest BCUT2D eigenvalue weighted by atomic mass is 79.9. The van der Waals surface area contributed by atoms with Crippen LogP contribution in [0.4, 0.5) is 0 Å². The third-order valence-electron chi connectivity index (χ3n) is 0.966. The minimum atomic E-state index is 0.762. The van der Waals surface area contributed by atoms with Crippen LogP contribution in [0.5, 0.6) is 5.75 Å². The van der Waals surface area contributed by atoms with Gasteiger partial charge in [0.25, 0.3) is 0 Å². The second-order valence-corrected chi connectivity index (χ2v) is 2.49. The maximum absolute atomic E-state index is 4.89. The number of hydrogen-bond acceptors (Lipinski definition) is 1. The van der Waals surface area contributed by atoms with E-state index in [2.05, 4.69) is 22.0 Å². The van der Waals surface area contributed by atoms with Crippen molar-refractivity contribution in [3.05, 3.63) is 28.7 Å². The third-order valence-corrected chi connectivity index (χ3v) is 1.46. The van der Waals surface area contributed by atoms with Crippen LogP contribution in [0.3, 0.4) is 0 Å². The van der Waals surface area contributed by atoms with Gasteiger partial charge in [-0.15, -0.1) is 0 Å². The Balaban J connectivity index is 2.88. The van der Waals surface area contributed by atoms with Crippen LogP contribution in [0.2, 0.25) is 0 Å². The van der Waals surface area contributed by atoms with Gasteiger partial charge >= 0.3 is 0 Å². The highest BCUT2D eigenvalue weighted by Crippen LogP contribution is 2.14. The van der Waals surface area contributed by atoms with Crippen LogP contribution in [-0.2, 0) is 0 Å². The van der Waals surface area contributed by atoms with E-state index in [1.54, 1.807) is 7.11 Å². The summed E-state index contributed by atoms with van der Waals surface area (Å²) in [6.45, 7) is 0. The molecular weight excluding hydrogens is 180 g/mol. The standard InChI is InChI=1S/C7H6BrO/c1-9-7-4-2-6(8)3-5-7/h2-4H,1H3. The van der Waals surface area contributed by atoms with Gasteiger partial charge in [0.05, 0.1) is 7.11 Å². The number of benzene rings is 1. The number of halogens is 1. The molecule has 0 aromatic heterocycles. The van der Waals surface area contributed by atoms with Crippen LogP contribution in [0, 0.1) is 6.07 Å². The fourth-order valence-electron chi connectivity index (χ4n) is 0.519. The molecule has 0 spiro atoms. The summed E-state index contributed by atoms with van der Waals surface area (Å²) in [5.74, 6) is 0.762. The molecule has 0 saturated carbocycles. The van der Waals surface area contributed by atoms with E-state index in [0.29, 0.717) is 0 Å². The largest absolute Gasteiger partial charge is 0.496 e. The lowest BCUT2D eigenvalue weighted by molar-refractivity contribution is 0.414. The molecule has 2 heteroatoms. The van der Waals surface area contributed by atoms with Crippen LogP contribution in [0.25, 0.3) is 0 Å². The van der Waals surface area contributed by atoms with Gasteiger partial charge in [-0.3, -0.25) is 0 Å². The molecule has 0 aliphatic carbocycles. The molecule has 0 aliphatic heterocycles. The quantitative estimate of drug-likeness (QED) is 0.653. The van der Waals surface area contributed by atoms with Crippen molar-refractivity contribution < 1.29 is 4.74 Å². The maximum atomic E-state index is 4.89. The molecule has 0 saturated heterocycles. The molecule has 1 aromatic carbocycles. The summed E-state index contributed by atoms with van der Waals surface area (Å²) >= 11 is 3.29. The second kappa shape index (κ2) is 2.87. The number of methoxy groups -OCH3 is 1. The highest BCUT2D eigenvalue weighted by Gasteiger charge is 1.87. The van der Waals surface area contributed by atoms with Crippen LogP contribution in [0.1, 0.15) is 0 Å². The highest BCUT2D eigenvalue weighted by molar-refractivity contribution is 9.10. The molecule has 1 nitrogen and oxygen atoms in total. The van der Waals surface area contributed by atoms with Crippen molar-refractivity contribution in [2.24, 2.45) is 0 Å². The molecule has 0 atom stereocenters. The first kappa shape index (κ1) is 6.62. The molecule has 1 radical (unpaired) electrons. The smallest absolute Gasteiger partial charge is 0.126 e. The SMILES string of the molecule is COc1[c]cc(Br)cc1. The molecule has 1 aromatic rings. The molecule has 9 heavy (non-hydrogen) atoms. The Hall–Kier alpha value is -0.500. The van der Waals surface area contributed by atoms with Crippen molar-refractivity contribution in [2.75, 3.05) is 7.11 Å². The minimum absolute atomic E-state index is 0.762. The Morgan fingerprint density at radius 3 is 2.78 bits per heavy atom. The van der Waals surface area contributed by atoms with E-state index >= 15 is 0 Å². The first-order valence-electron chi connectivity index (χ1n) is 2.54. The maximum Gasteiger partial charge on any atom is 0.126 e. The topological polar surface area (TPSA) is 9.23 Å². The second-order valence-electron chi connectivity index (χ2n) is 1.58. The van der Waals surface area contributed by atoms with Gasteiger partial charge in [-0.25, -0.2) is 0 Å². The Kier molecular flexibility index (Phi) is 2.11. The lowest BCUT2D eigenvalue weighted by atomic mass is 10.3. The van der Waals surface area contributed by atoms with Crippen LogP contribution < -0.4 is 4.74 Å². The van der Waals surface area contributed by atoms with Crippen LogP contribution in [-0.4, -0.2) is 7.11 Å². The molecule has 0 amide bonds. The van der Waals surface area contributed by atoms with Gasteiger partial charge < -0.3 is 4.74 Å². The molecule has 0 heterocycles. The molecular formula is C7H6BrO. The average Bonchev–Trinajstić information content (AvgIpc) is 1.90. The van der Waals surface area contributed by atoms with E-state index in [4.69, 9.17) is 4.74 Å². The van der Waals surface area contributed by atoms with Gasteiger partial charge in [0.15, 0.2) is 0 Å². The monoisotopic (exact) mass is 185 g/mol. The van der Waals surface area contributed by atoms with Crippen molar-refractivity contribution in [3.63, 3.8) is 0 Å². The van der Waals surface area contributed by atoms with E-state index in [9.17, 15) is 0 Å². The molecule has 0 unspecified atom stereocenters. The first-order valence-corrected chi connectivity index (χ1v) is 3.33. The average molecular weight is 186 g/mol. The summed E-state index contributed by atoms with van der Waals surface area (Å²) in [4.78, 5) is 0. The normalized spacial score (nSPS) is 9.11. The Labute approximate surface area is 62.8 Å². The van der Waals surface area contributed by atoms with Gasteiger partial charge in [0, 0.05) is 10.5 Å². The van der Waals surface area contributed by atoms with Gasteiger partial charge in [-0.05, 0) is 18.2 Å². The van der Waals surface area contributed by atoms with E-state index in [1.807, 2.05) is 18.2 Å². The number of hydrogen-bond donors (Lipinski definition) is 0. The predicted octanol–water partition coefficient (Wildman–Crippen LogP) is 2.26. The Morgan fingerprint density at radius 1 is 1.56 bits per heavy atom. The summed E-state index contributed by atoms with van der Waals surface area (Å²) in [6, 6.07) is 8.50. The zero-order chi connectivity index (χ0) is 6.69.